The van der Waals surface area contributed by atoms with Crippen LogP contribution in [0.25, 0.3) is 0 Å². The molecule has 0 bridgehead atoms. The fourth-order valence-corrected chi connectivity index (χ4v) is 1.53. The maximum atomic E-state index is 5.99. The topological polar surface area (TPSA) is 44.5 Å². The molecule has 90 valence electrons. The summed E-state index contributed by atoms with van der Waals surface area (Å²) in [5.74, 6) is 1.57. The van der Waals surface area contributed by atoms with E-state index in [1.807, 2.05) is 32.0 Å². The summed E-state index contributed by atoms with van der Waals surface area (Å²) < 4.78 is 11.0. The Morgan fingerprint density at radius 1 is 1.06 bits per heavy atom. The first-order valence-corrected chi connectivity index (χ1v) is 5.88. The first-order valence-electron chi connectivity index (χ1n) is 5.88. The lowest BCUT2D eigenvalue weighted by atomic mass is 10.1. The highest BCUT2D eigenvalue weighted by molar-refractivity contribution is 5.43. The van der Waals surface area contributed by atoms with Gasteiger partial charge in [0.2, 0.25) is 0 Å². The summed E-state index contributed by atoms with van der Waals surface area (Å²) in [6.45, 7) is 7.26. The van der Waals surface area contributed by atoms with Crippen molar-refractivity contribution in [1.29, 1.82) is 0 Å². The van der Waals surface area contributed by atoms with Crippen LogP contribution < -0.4 is 15.2 Å². The molecule has 3 heteroatoms. The van der Waals surface area contributed by atoms with Crippen molar-refractivity contribution in [3.05, 3.63) is 23.8 Å². The van der Waals surface area contributed by atoms with Gasteiger partial charge in [-0.1, -0.05) is 13.0 Å². The predicted octanol–water partition coefficient (Wildman–Crippen LogP) is 2.89. The van der Waals surface area contributed by atoms with Crippen LogP contribution >= 0.6 is 0 Å². The molecular weight excluding hydrogens is 202 g/mol. The standard InChI is InChI=1S/C13H21NO2/c1-4-11(14)10-7-8-12(15-5-2)13(9-10)16-6-3/h7-9,11H,4-6,14H2,1-3H3/t11-/m0/s1. The lowest BCUT2D eigenvalue weighted by Crippen LogP contribution is -2.09. The third-order valence-corrected chi connectivity index (χ3v) is 2.44. The lowest BCUT2D eigenvalue weighted by Gasteiger charge is -2.15. The fraction of sp³-hybridized carbons (Fsp3) is 0.538. The smallest absolute Gasteiger partial charge is 0.161 e. The van der Waals surface area contributed by atoms with Crippen molar-refractivity contribution in [2.24, 2.45) is 5.73 Å². The number of nitrogens with two attached hydrogens (primary N) is 1. The van der Waals surface area contributed by atoms with Crippen LogP contribution in [0.15, 0.2) is 18.2 Å². The average Bonchev–Trinajstić information content (AvgIpc) is 2.31. The van der Waals surface area contributed by atoms with Gasteiger partial charge in [0.1, 0.15) is 0 Å². The quantitative estimate of drug-likeness (QED) is 0.806. The van der Waals surface area contributed by atoms with Crippen LogP contribution in [0, 0.1) is 0 Å². The van der Waals surface area contributed by atoms with Gasteiger partial charge in [0.15, 0.2) is 11.5 Å². The Kier molecular flexibility index (Phi) is 5.12. The Labute approximate surface area is 97.6 Å². The van der Waals surface area contributed by atoms with Crippen molar-refractivity contribution >= 4 is 0 Å². The Morgan fingerprint density at radius 2 is 1.69 bits per heavy atom. The van der Waals surface area contributed by atoms with Gasteiger partial charge in [-0.15, -0.1) is 0 Å². The molecule has 0 amide bonds. The first-order chi connectivity index (χ1) is 7.72. The Balaban J connectivity index is 2.96. The zero-order valence-electron chi connectivity index (χ0n) is 10.3. The van der Waals surface area contributed by atoms with Crippen molar-refractivity contribution in [1.82, 2.24) is 0 Å². The molecular formula is C13H21NO2. The van der Waals surface area contributed by atoms with Crippen LogP contribution in [0.5, 0.6) is 11.5 Å². The predicted molar refractivity (Wildman–Crippen MR) is 66.0 cm³/mol. The highest BCUT2D eigenvalue weighted by atomic mass is 16.5. The minimum Gasteiger partial charge on any atom is -0.490 e. The molecule has 0 aromatic heterocycles. The van der Waals surface area contributed by atoms with Crippen molar-refractivity contribution in [2.45, 2.75) is 33.2 Å². The lowest BCUT2D eigenvalue weighted by molar-refractivity contribution is 0.287. The van der Waals surface area contributed by atoms with Crippen LogP contribution in [-0.2, 0) is 0 Å². The number of rotatable bonds is 6. The van der Waals surface area contributed by atoms with Crippen LogP contribution in [0.3, 0.4) is 0 Å². The van der Waals surface area contributed by atoms with Crippen molar-refractivity contribution in [3.8, 4) is 11.5 Å². The van der Waals surface area contributed by atoms with Crippen molar-refractivity contribution < 1.29 is 9.47 Å². The molecule has 0 fully saturated rings. The molecule has 3 nitrogen and oxygen atoms in total. The summed E-state index contributed by atoms with van der Waals surface area (Å²) >= 11 is 0. The van der Waals surface area contributed by atoms with Crippen LogP contribution in [0.1, 0.15) is 38.8 Å². The molecule has 0 radical (unpaired) electrons. The summed E-state index contributed by atoms with van der Waals surface area (Å²) in [6.07, 6.45) is 0.916. The molecule has 1 aromatic carbocycles. The SMILES string of the molecule is CCOc1ccc([C@@H](N)CC)cc1OCC. The maximum absolute atomic E-state index is 5.99. The average molecular weight is 223 g/mol. The third kappa shape index (κ3) is 3.14. The van der Waals surface area contributed by atoms with E-state index in [9.17, 15) is 0 Å². The zero-order valence-corrected chi connectivity index (χ0v) is 10.3. The second kappa shape index (κ2) is 6.38. The van der Waals surface area contributed by atoms with E-state index in [1.165, 1.54) is 0 Å². The molecule has 2 N–H and O–H groups in total. The monoisotopic (exact) mass is 223 g/mol. The molecule has 1 aromatic rings. The van der Waals surface area contributed by atoms with Gasteiger partial charge in [-0.3, -0.25) is 0 Å². The summed E-state index contributed by atoms with van der Waals surface area (Å²) in [5.41, 5.74) is 7.08. The number of hydrogen-bond acceptors (Lipinski definition) is 3. The first kappa shape index (κ1) is 12.8. The van der Waals surface area contributed by atoms with E-state index in [4.69, 9.17) is 15.2 Å². The Morgan fingerprint density at radius 3 is 2.25 bits per heavy atom. The van der Waals surface area contributed by atoms with Gasteiger partial charge in [-0.2, -0.15) is 0 Å². The van der Waals surface area contributed by atoms with Gasteiger partial charge < -0.3 is 15.2 Å². The second-order valence-electron chi connectivity index (χ2n) is 3.59. The molecule has 0 heterocycles. The zero-order chi connectivity index (χ0) is 12.0. The second-order valence-corrected chi connectivity index (χ2v) is 3.59. The maximum Gasteiger partial charge on any atom is 0.161 e. The molecule has 0 unspecified atom stereocenters. The minimum absolute atomic E-state index is 0.0647. The van der Waals surface area contributed by atoms with Gasteiger partial charge in [0.05, 0.1) is 13.2 Å². The van der Waals surface area contributed by atoms with E-state index < -0.39 is 0 Å². The van der Waals surface area contributed by atoms with E-state index in [-0.39, 0.29) is 6.04 Å². The van der Waals surface area contributed by atoms with E-state index in [2.05, 4.69) is 6.92 Å². The van der Waals surface area contributed by atoms with E-state index in [1.54, 1.807) is 0 Å². The molecule has 0 aliphatic heterocycles. The fourth-order valence-electron chi connectivity index (χ4n) is 1.53. The van der Waals surface area contributed by atoms with E-state index in [0.29, 0.717) is 13.2 Å². The normalized spacial score (nSPS) is 12.2. The highest BCUT2D eigenvalue weighted by Gasteiger charge is 2.09. The largest absolute Gasteiger partial charge is 0.490 e. The molecule has 1 rings (SSSR count). The summed E-state index contributed by atoms with van der Waals surface area (Å²) in [7, 11) is 0. The van der Waals surface area contributed by atoms with Gasteiger partial charge in [-0.25, -0.2) is 0 Å². The van der Waals surface area contributed by atoms with Gasteiger partial charge in [0.25, 0.3) is 0 Å². The highest BCUT2D eigenvalue weighted by Crippen LogP contribution is 2.30. The molecule has 0 saturated carbocycles. The van der Waals surface area contributed by atoms with Gasteiger partial charge in [-0.05, 0) is 38.0 Å². The molecule has 0 aliphatic carbocycles. The molecule has 0 spiro atoms. The molecule has 0 saturated heterocycles. The van der Waals surface area contributed by atoms with Gasteiger partial charge >= 0.3 is 0 Å². The minimum atomic E-state index is 0.0647. The number of hydrogen-bond donors (Lipinski definition) is 1. The van der Waals surface area contributed by atoms with Crippen molar-refractivity contribution in [2.75, 3.05) is 13.2 Å². The summed E-state index contributed by atoms with van der Waals surface area (Å²) in [6, 6.07) is 5.97. The summed E-state index contributed by atoms with van der Waals surface area (Å²) in [5, 5.41) is 0. The van der Waals surface area contributed by atoms with Crippen LogP contribution in [-0.4, -0.2) is 13.2 Å². The Hall–Kier alpha value is -1.22. The summed E-state index contributed by atoms with van der Waals surface area (Å²) in [4.78, 5) is 0. The van der Waals surface area contributed by atoms with Gasteiger partial charge in [0, 0.05) is 6.04 Å². The van der Waals surface area contributed by atoms with Crippen molar-refractivity contribution in [3.63, 3.8) is 0 Å². The van der Waals surface area contributed by atoms with E-state index in [0.717, 1.165) is 23.5 Å². The number of ether oxygens (including phenoxy) is 2. The molecule has 1 atom stereocenters. The number of benzene rings is 1. The van der Waals surface area contributed by atoms with Crippen LogP contribution in [0.2, 0.25) is 0 Å². The van der Waals surface area contributed by atoms with Crippen LogP contribution in [0.4, 0.5) is 0 Å². The molecule has 16 heavy (non-hydrogen) atoms. The third-order valence-electron chi connectivity index (χ3n) is 2.44. The van der Waals surface area contributed by atoms with E-state index >= 15 is 0 Å². The Bertz CT molecular complexity index is 326. The molecule has 0 aliphatic rings.